The van der Waals surface area contributed by atoms with Crippen LogP contribution in [0.3, 0.4) is 0 Å². The van der Waals surface area contributed by atoms with E-state index in [0.717, 1.165) is 12.1 Å². The molecule has 0 aliphatic carbocycles. The SMILES string of the molecule is CC(CNC(=O)Nc1ccc([N+](=O)[O-])cc1F)CC(=O)O. The molecule has 3 N–H and O–H groups in total. The van der Waals surface area contributed by atoms with Crippen molar-refractivity contribution in [2.45, 2.75) is 13.3 Å². The van der Waals surface area contributed by atoms with Gasteiger partial charge >= 0.3 is 12.0 Å². The highest BCUT2D eigenvalue weighted by molar-refractivity contribution is 5.89. The Bertz CT molecular complexity index is 564. The monoisotopic (exact) mass is 299 g/mol. The fourth-order valence-corrected chi connectivity index (χ4v) is 1.52. The molecule has 0 fully saturated rings. The van der Waals surface area contributed by atoms with Crippen LogP contribution < -0.4 is 10.6 Å². The molecule has 0 spiro atoms. The van der Waals surface area contributed by atoms with Crippen LogP contribution in [-0.2, 0) is 4.79 Å². The molecule has 114 valence electrons. The summed E-state index contributed by atoms with van der Waals surface area (Å²) in [5, 5.41) is 23.6. The highest BCUT2D eigenvalue weighted by Gasteiger charge is 2.13. The number of carbonyl (C=O) groups is 2. The molecule has 0 saturated heterocycles. The molecular formula is C12H14FN3O5. The number of amides is 2. The first kappa shape index (κ1) is 16.3. The van der Waals surface area contributed by atoms with Crippen molar-refractivity contribution >= 4 is 23.4 Å². The molecule has 0 aromatic heterocycles. The molecule has 0 heterocycles. The molecule has 1 atom stereocenters. The number of benzene rings is 1. The summed E-state index contributed by atoms with van der Waals surface area (Å²) < 4.78 is 13.5. The molecule has 1 aromatic rings. The van der Waals surface area contributed by atoms with Gasteiger partial charge in [0.15, 0.2) is 5.82 Å². The van der Waals surface area contributed by atoms with Crippen LogP contribution >= 0.6 is 0 Å². The number of halogens is 1. The summed E-state index contributed by atoms with van der Waals surface area (Å²) in [6, 6.07) is 2.11. The maximum absolute atomic E-state index is 13.5. The molecule has 9 heteroatoms. The van der Waals surface area contributed by atoms with Gasteiger partial charge in [0, 0.05) is 19.0 Å². The van der Waals surface area contributed by atoms with Crippen LogP contribution in [-0.4, -0.2) is 28.6 Å². The third kappa shape index (κ3) is 5.43. The lowest BCUT2D eigenvalue weighted by Crippen LogP contribution is -2.33. The molecule has 21 heavy (non-hydrogen) atoms. The topological polar surface area (TPSA) is 122 Å². The number of nitro benzene ring substituents is 1. The van der Waals surface area contributed by atoms with E-state index in [4.69, 9.17) is 5.11 Å². The molecule has 0 saturated carbocycles. The number of rotatable bonds is 6. The highest BCUT2D eigenvalue weighted by Crippen LogP contribution is 2.20. The predicted octanol–water partition coefficient (Wildman–Crippen LogP) is 1.97. The first-order chi connectivity index (χ1) is 9.79. The smallest absolute Gasteiger partial charge is 0.319 e. The zero-order chi connectivity index (χ0) is 16.0. The van der Waals surface area contributed by atoms with E-state index in [0.29, 0.717) is 6.07 Å². The van der Waals surface area contributed by atoms with Crippen LogP contribution in [0.5, 0.6) is 0 Å². The number of nitro groups is 1. The van der Waals surface area contributed by atoms with Crippen LogP contribution in [0, 0.1) is 21.8 Å². The van der Waals surface area contributed by atoms with Gasteiger partial charge in [-0.1, -0.05) is 6.92 Å². The summed E-state index contributed by atoms with van der Waals surface area (Å²) in [6.07, 6.45) is -0.105. The second-order valence-corrected chi connectivity index (χ2v) is 4.46. The Hall–Kier alpha value is -2.71. The number of nitrogens with zero attached hydrogens (tertiary/aromatic N) is 1. The summed E-state index contributed by atoms with van der Waals surface area (Å²) in [4.78, 5) is 31.6. The standard InChI is InChI=1S/C12H14FN3O5/c1-7(4-11(17)18)6-14-12(19)15-10-3-2-8(16(20)21)5-9(10)13/h2-3,5,7H,4,6H2,1H3,(H,17,18)(H2,14,15,19). The summed E-state index contributed by atoms with van der Waals surface area (Å²) >= 11 is 0. The molecule has 1 aromatic carbocycles. The molecule has 2 amide bonds. The third-order valence-electron chi connectivity index (χ3n) is 2.55. The number of nitrogens with one attached hydrogen (secondary N) is 2. The first-order valence-corrected chi connectivity index (χ1v) is 6.00. The quantitative estimate of drug-likeness (QED) is 0.547. The lowest BCUT2D eigenvalue weighted by Gasteiger charge is -2.11. The second kappa shape index (κ2) is 7.17. The van der Waals surface area contributed by atoms with Gasteiger partial charge < -0.3 is 15.7 Å². The van der Waals surface area contributed by atoms with E-state index in [9.17, 15) is 24.1 Å². The Morgan fingerprint density at radius 1 is 1.48 bits per heavy atom. The number of carboxylic acid groups (broad SMARTS) is 1. The van der Waals surface area contributed by atoms with Crippen LogP contribution in [0.25, 0.3) is 0 Å². The summed E-state index contributed by atoms with van der Waals surface area (Å²) in [5.74, 6) is -2.20. The molecule has 0 bridgehead atoms. The lowest BCUT2D eigenvalue weighted by atomic mass is 10.1. The third-order valence-corrected chi connectivity index (χ3v) is 2.55. The number of hydrogen-bond acceptors (Lipinski definition) is 4. The Morgan fingerprint density at radius 2 is 2.14 bits per heavy atom. The zero-order valence-electron chi connectivity index (χ0n) is 11.1. The van der Waals surface area contributed by atoms with Gasteiger partial charge in [-0.15, -0.1) is 0 Å². The van der Waals surface area contributed by atoms with Crippen molar-refractivity contribution in [1.82, 2.24) is 5.32 Å². The number of carbonyl (C=O) groups excluding carboxylic acids is 1. The Labute approximate surface area is 119 Å². The van der Waals surface area contributed by atoms with Crippen molar-refractivity contribution < 1.29 is 24.0 Å². The molecule has 0 aliphatic rings. The van der Waals surface area contributed by atoms with E-state index in [-0.39, 0.29) is 24.6 Å². The Morgan fingerprint density at radius 3 is 2.67 bits per heavy atom. The molecular weight excluding hydrogens is 285 g/mol. The molecule has 0 radical (unpaired) electrons. The van der Waals surface area contributed by atoms with E-state index in [2.05, 4.69) is 10.6 Å². The van der Waals surface area contributed by atoms with Crippen molar-refractivity contribution in [2.75, 3.05) is 11.9 Å². The van der Waals surface area contributed by atoms with E-state index in [1.54, 1.807) is 6.92 Å². The fourth-order valence-electron chi connectivity index (χ4n) is 1.52. The maximum atomic E-state index is 13.5. The van der Waals surface area contributed by atoms with Crippen LogP contribution in [0.15, 0.2) is 18.2 Å². The van der Waals surface area contributed by atoms with Crippen molar-refractivity contribution in [3.8, 4) is 0 Å². The van der Waals surface area contributed by atoms with E-state index < -0.39 is 28.4 Å². The molecule has 8 nitrogen and oxygen atoms in total. The Kier molecular flexibility index (Phi) is 5.58. The average Bonchev–Trinajstić information content (AvgIpc) is 2.37. The predicted molar refractivity (Wildman–Crippen MR) is 71.5 cm³/mol. The van der Waals surface area contributed by atoms with E-state index in [1.165, 1.54) is 0 Å². The number of urea groups is 1. The zero-order valence-corrected chi connectivity index (χ0v) is 11.1. The molecule has 1 unspecified atom stereocenters. The van der Waals surface area contributed by atoms with Gasteiger partial charge in [-0.25, -0.2) is 9.18 Å². The van der Waals surface area contributed by atoms with E-state index in [1.807, 2.05) is 0 Å². The minimum atomic E-state index is -0.980. The molecule has 0 aliphatic heterocycles. The number of non-ortho nitro benzene ring substituents is 1. The van der Waals surface area contributed by atoms with Crippen molar-refractivity contribution in [3.63, 3.8) is 0 Å². The van der Waals surface area contributed by atoms with Crippen molar-refractivity contribution in [2.24, 2.45) is 5.92 Å². The van der Waals surface area contributed by atoms with Crippen LogP contribution in [0.2, 0.25) is 0 Å². The van der Waals surface area contributed by atoms with Gasteiger partial charge in [0.05, 0.1) is 16.7 Å². The number of aliphatic carboxylic acids is 1. The van der Waals surface area contributed by atoms with Gasteiger partial charge in [0.25, 0.3) is 5.69 Å². The molecule has 1 rings (SSSR count). The number of anilines is 1. The summed E-state index contributed by atoms with van der Waals surface area (Å²) in [5.41, 5.74) is -0.627. The average molecular weight is 299 g/mol. The van der Waals surface area contributed by atoms with Crippen LogP contribution in [0.1, 0.15) is 13.3 Å². The van der Waals surface area contributed by atoms with Gasteiger partial charge in [-0.2, -0.15) is 0 Å². The van der Waals surface area contributed by atoms with Crippen LogP contribution in [0.4, 0.5) is 20.6 Å². The minimum absolute atomic E-state index is 0.104. The summed E-state index contributed by atoms with van der Waals surface area (Å²) in [6.45, 7) is 1.74. The minimum Gasteiger partial charge on any atom is -0.481 e. The lowest BCUT2D eigenvalue weighted by molar-refractivity contribution is -0.385. The Balaban J connectivity index is 2.55. The van der Waals surface area contributed by atoms with Crippen molar-refractivity contribution in [1.29, 1.82) is 0 Å². The van der Waals surface area contributed by atoms with Gasteiger partial charge in [-0.05, 0) is 12.0 Å². The normalized spacial score (nSPS) is 11.5. The highest BCUT2D eigenvalue weighted by atomic mass is 19.1. The van der Waals surface area contributed by atoms with Gasteiger partial charge in [-0.3, -0.25) is 14.9 Å². The first-order valence-electron chi connectivity index (χ1n) is 6.00. The van der Waals surface area contributed by atoms with E-state index >= 15 is 0 Å². The maximum Gasteiger partial charge on any atom is 0.319 e. The largest absolute Gasteiger partial charge is 0.481 e. The van der Waals surface area contributed by atoms with Crippen molar-refractivity contribution in [3.05, 3.63) is 34.1 Å². The fraction of sp³-hybridized carbons (Fsp3) is 0.333. The second-order valence-electron chi connectivity index (χ2n) is 4.46. The number of carboxylic acids is 1. The van der Waals surface area contributed by atoms with Gasteiger partial charge in [0.2, 0.25) is 0 Å². The number of hydrogen-bond donors (Lipinski definition) is 3. The summed E-state index contributed by atoms with van der Waals surface area (Å²) in [7, 11) is 0. The van der Waals surface area contributed by atoms with Gasteiger partial charge in [0.1, 0.15) is 0 Å².